The number of rotatable bonds is 4. The third-order valence-corrected chi connectivity index (χ3v) is 4.25. The van der Waals surface area contributed by atoms with Crippen LogP contribution < -0.4 is 10.6 Å². The number of benzene rings is 1. The van der Waals surface area contributed by atoms with Crippen LogP contribution >= 0.6 is 23.2 Å². The lowest BCUT2D eigenvalue weighted by atomic mass is 10.1. The molecule has 1 aromatic rings. The first-order valence-corrected chi connectivity index (χ1v) is 7.80. The number of hydrogen-bond acceptors (Lipinski definition) is 3. The number of carbonyl (C=O) groups excluding carboxylic acids is 1. The van der Waals surface area contributed by atoms with Gasteiger partial charge < -0.3 is 10.6 Å². The molecule has 1 atom stereocenters. The van der Waals surface area contributed by atoms with E-state index in [9.17, 15) is 18.0 Å². The van der Waals surface area contributed by atoms with Crippen LogP contribution in [0.2, 0.25) is 10.0 Å². The third kappa shape index (κ3) is 4.73. The zero-order chi connectivity index (χ0) is 17.0. The molecule has 4 nitrogen and oxygen atoms in total. The first-order chi connectivity index (χ1) is 10.8. The van der Waals surface area contributed by atoms with Crippen molar-refractivity contribution in [1.82, 2.24) is 15.5 Å². The molecule has 2 rings (SSSR count). The third-order valence-electron chi connectivity index (χ3n) is 3.62. The lowest BCUT2D eigenvalue weighted by molar-refractivity contribution is -0.183. The van der Waals surface area contributed by atoms with E-state index in [2.05, 4.69) is 10.6 Å². The Balaban J connectivity index is 2.07. The van der Waals surface area contributed by atoms with E-state index in [0.717, 1.165) is 0 Å². The molecule has 0 saturated carbocycles. The molecule has 1 fully saturated rings. The van der Waals surface area contributed by atoms with Gasteiger partial charge in [0.15, 0.2) is 0 Å². The van der Waals surface area contributed by atoms with Crippen LogP contribution in [0.4, 0.5) is 13.2 Å². The van der Waals surface area contributed by atoms with Crippen molar-refractivity contribution in [3.05, 3.63) is 33.8 Å². The summed E-state index contributed by atoms with van der Waals surface area (Å²) in [5.74, 6) is -0.718. The summed E-state index contributed by atoms with van der Waals surface area (Å²) in [7, 11) is 0. The fraction of sp³-hybridized carbons (Fsp3) is 0.500. The summed E-state index contributed by atoms with van der Waals surface area (Å²) < 4.78 is 39.8. The van der Waals surface area contributed by atoms with Gasteiger partial charge in [-0.05, 0) is 12.1 Å². The molecule has 1 aliphatic heterocycles. The fourth-order valence-electron chi connectivity index (χ4n) is 2.44. The quantitative estimate of drug-likeness (QED) is 0.857. The second-order valence-electron chi connectivity index (χ2n) is 5.15. The van der Waals surface area contributed by atoms with Gasteiger partial charge in [0.2, 0.25) is 0 Å². The summed E-state index contributed by atoms with van der Waals surface area (Å²) in [6.45, 7) is 0.956. The highest BCUT2D eigenvalue weighted by molar-refractivity contribution is 6.39. The predicted octanol–water partition coefficient (Wildman–Crippen LogP) is 2.56. The summed E-state index contributed by atoms with van der Waals surface area (Å²) in [4.78, 5) is 13.4. The molecule has 0 radical (unpaired) electrons. The highest BCUT2D eigenvalue weighted by Crippen LogP contribution is 2.26. The number of nitrogens with one attached hydrogen (secondary N) is 2. The van der Waals surface area contributed by atoms with Crippen LogP contribution in [0.15, 0.2) is 18.2 Å². The van der Waals surface area contributed by atoms with Gasteiger partial charge >= 0.3 is 6.18 Å². The summed E-state index contributed by atoms with van der Waals surface area (Å²) in [5.41, 5.74) is -0.0166. The van der Waals surface area contributed by atoms with Crippen molar-refractivity contribution in [2.45, 2.75) is 12.2 Å². The first-order valence-electron chi connectivity index (χ1n) is 7.04. The molecule has 23 heavy (non-hydrogen) atoms. The van der Waals surface area contributed by atoms with Crippen molar-refractivity contribution in [2.75, 3.05) is 32.7 Å². The topological polar surface area (TPSA) is 44.4 Å². The molecule has 1 amide bonds. The molecule has 1 saturated heterocycles. The van der Waals surface area contributed by atoms with Crippen LogP contribution in [0, 0.1) is 0 Å². The molecule has 0 aromatic heterocycles. The molecule has 9 heteroatoms. The van der Waals surface area contributed by atoms with Crippen LogP contribution in [0.1, 0.15) is 10.4 Å². The number of hydrogen-bond donors (Lipinski definition) is 2. The van der Waals surface area contributed by atoms with Crippen LogP contribution in [0.25, 0.3) is 0 Å². The van der Waals surface area contributed by atoms with E-state index in [1.165, 1.54) is 17.0 Å². The van der Waals surface area contributed by atoms with Gasteiger partial charge in [0.1, 0.15) is 6.04 Å². The first kappa shape index (κ1) is 18.3. The van der Waals surface area contributed by atoms with Crippen LogP contribution in [0.3, 0.4) is 0 Å². The summed E-state index contributed by atoms with van der Waals surface area (Å²) in [6, 6.07) is 2.73. The molecule has 1 aliphatic rings. The largest absolute Gasteiger partial charge is 0.405 e. The van der Waals surface area contributed by atoms with Gasteiger partial charge in [-0.15, -0.1) is 0 Å². The predicted molar refractivity (Wildman–Crippen MR) is 83.1 cm³/mol. The van der Waals surface area contributed by atoms with E-state index in [4.69, 9.17) is 23.2 Å². The molecule has 0 spiro atoms. The summed E-state index contributed by atoms with van der Waals surface area (Å²) >= 11 is 11.8. The highest BCUT2D eigenvalue weighted by Gasteiger charge is 2.43. The molecule has 128 valence electrons. The second kappa shape index (κ2) is 7.70. The molecule has 1 unspecified atom stereocenters. The van der Waals surface area contributed by atoms with Crippen molar-refractivity contribution in [1.29, 1.82) is 0 Å². The molecular weight excluding hydrogens is 354 g/mol. The monoisotopic (exact) mass is 369 g/mol. The van der Waals surface area contributed by atoms with Crippen molar-refractivity contribution >= 4 is 29.1 Å². The van der Waals surface area contributed by atoms with E-state index < -0.39 is 24.7 Å². The van der Waals surface area contributed by atoms with Gasteiger partial charge in [-0.1, -0.05) is 29.3 Å². The number of amides is 1. The standard InChI is InChI=1S/C14H16Cl2F3N3O/c15-9-2-1-3-10(16)12(9)13(23)21-8-11(14(17,18)19)22-6-4-20-5-7-22/h1-3,11,20H,4-8H2,(H,21,23). The maximum absolute atomic E-state index is 13.3. The second-order valence-corrected chi connectivity index (χ2v) is 5.96. The van der Waals surface area contributed by atoms with Crippen molar-refractivity contribution in [3.8, 4) is 0 Å². The highest BCUT2D eigenvalue weighted by atomic mass is 35.5. The van der Waals surface area contributed by atoms with Gasteiger partial charge in [-0.2, -0.15) is 13.2 Å². The Morgan fingerprint density at radius 1 is 1.26 bits per heavy atom. The Morgan fingerprint density at radius 3 is 2.35 bits per heavy atom. The lowest BCUT2D eigenvalue weighted by Gasteiger charge is -2.35. The van der Waals surface area contributed by atoms with Gasteiger partial charge in [0, 0.05) is 32.7 Å². The lowest BCUT2D eigenvalue weighted by Crippen LogP contribution is -2.57. The molecule has 1 heterocycles. The van der Waals surface area contributed by atoms with E-state index in [-0.39, 0.29) is 28.7 Å². The molecule has 1 aromatic carbocycles. The van der Waals surface area contributed by atoms with E-state index in [1.807, 2.05) is 0 Å². The van der Waals surface area contributed by atoms with Gasteiger partial charge in [0.05, 0.1) is 15.6 Å². The minimum Gasteiger partial charge on any atom is -0.350 e. The van der Waals surface area contributed by atoms with E-state index in [1.54, 1.807) is 6.07 Å². The average Bonchev–Trinajstić information content (AvgIpc) is 2.47. The Kier molecular flexibility index (Phi) is 6.13. The number of carbonyl (C=O) groups is 1. The fourth-order valence-corrected chi connectivity index (χ4v) is 3.01. The van der Waals surface area contributed by atoms with Crippen LogP contribution in [-0.4, -0.2) is 55.7 Å². The van der Waals surface area contributed by atoms with Crippen molar-refractivity contribution < 1.29 is 18.0 Å². The maximum atomic E-state index is 13.3. The molecule has 0 aliphatic carbocycles. The number of piperazine rings is 1. The minimum atomic E-state index is -4.44. The van der Waals surface area contributed by atoms with E-state index in [0.29, 0.717) is 13.1 Å². The average molecular weight is 370 g/mol. The minimum absolute atomic E-state index is 0.0166. The molecule has 2 N–H and O–H groups in total. The SMILES string of the molecule is O=C(NCC(N1CCNCC1)C(F)(F)F)c1c(Cl)cccc1Cl. The van der Waals surface area contributed by atoms with Crippen molar-refractivity contribution in [3.63, 3.8) is 0 Å². The smallest absolute Gasteiger partial charge is 0.350 e. The Morgan fingerprint density at radius 2 is 1.83 bits per heavy atom. The Labute approximate surface area is 141 Å². The molecular formula is C14H16Cl2F3N3O. The van der Waals surface area contributed by atoms with Gasteiger partial charge in [0.25, 0.3) is 5.91 Å². The van der Waals surface area contributed by atoms with E-state index >= 15 is 0 Å². The van der Waals surface area contributed by atoms with Crippen molar-refractivity contribution in [2.24, 2.45) is 0 Å². The maximum Gasteiger partial charge on any atom is 0.405 e. The normalized spacial score (nSPS) is 17.8. The number of halogens is 5. The Bertz CT molecular complexity index is 542. The number of nitrogens with zero attached hydrogens (tertiary/aromatic N) is 1. The van der Waals surface area contributed by atoms with Crippen LogP contribution in [0.5, 0.6) is 0 Å². The Hall–Kier alpha value is -1.02. The summed E-state index contributed by atoms with van der Waals surface area (Å²) in [6.07, 6.45) is -4.44. The number of alkyl halides is 3. The van der Waals surface area contributed by atoms with Crippen LogP contribution in [-0.2, 0) is 0 Å². The zero-order valence-corrected chi connectivity index (χ0v) is 13.6. The zero-order valence-electron chi connectivity index (χ0n) is 12.1. The van der Waals surface area contributed by atoms with Gasteiger partial charge in [-0.25, -0.2) is 0 Å². The summed E-state index contributed by atoms with van der Waals surface area (Å²) in [5, 5.41) is 5.49. The molecule has 0 bridgehead atoms. The van der Waals surface area contributed by atoms with Gasteiger partial charge in [-0.3, -0.25) is 9.69 Å².